The number of fused-ring (bicyclic) bond motifs is 1. The molecular weight excluding hydrogens is 254 g/mol. The van der Waals surface area contributed by atoms with Crippen molar-refractivity contribution >= 4 is 17.4 Å². The van der Waals surface area contributed by atoms with Crippen LogP contribution in [0.5, 0.6) is 0 Å². The molecule has 106 valence electrons. The van der Waals surface area contributed by atoms with Gasteiger partial charge >= 0.3 is 5.97 Å². The van der Waals surface area contributed by atoms with E-state index in [1.807, 2.05) is 35.7 Å². The lowest BCUT2D eigenvalue weighted by Crippen LogP contribution is -2.46. The van der Waals surface area contributed by atoms with E-state index in [0.29, 0.717) is 6.61 Å². The minimum absolute atomic E-state index is 0.121. The summed E-state index contributed by atoms with van der Waals surface area (Å²) in [4.78, 5) is 18.6. The van der Waals surface area contributed by atoms with Crippen molar-refractivity contribution in [2.24, 2.45) is 0 Å². The highest BCUT2D eigenvalue weighted by Crippen LogP contribution is 2.26. The first-order valence-corrected chi connectivity index (χ1v) is 7.16. The number of hydrogen-bond acceptors (Lipinski definition) is 4. The van der Waals surface area contributed by atoms with Crippen molar-refractivity contribution in [3.05, 3.63) is 30.6 Å². The first kappa shape index (κ1) is 13.0. The van der Waals surface area contributed by atoms with Crippen molar-refractivity contribution in [1.29, 1.82) is 0 Å². The molecule has 1 unspecified atom stereocenters. The number of rotatable bonds is 3. The van der Waals surface area contributed by atoms with Crippen LogP contribution >= 0.6 is 0 Å². The third-order valence-electron chi connectivity index (χ3n) is 3.76. The molecule has 2 aromatic rings. The summed E-state index contributed by atoms with van der Waals surface area (Å²) in [7, 11) is 0. The molecule has 0 saturated carbocycles. The lowest BCUT2D eigenvalue weighted by atomic mass is 10.0. The number of nitrogens with zero attached hydrogens (tertiary/aromatic N) is 3. The minimum Gasteiger partial charge on any atom is -0.464 e. The largest absolute Gasteiger partial charge is 0.464 e. The van der Waals surface area contributed by atoms with Crippen LogP contribution in [0.15, 0.2) is 30.6 Å². The molecule has 0 N–H and O–H groups in total. The smallest absolute Gasteiger partial charge is 0.328 e. The molecule has 0 aromatic carbocycles. The van der Waals surface area contributed by atoms with Crippen molar-refractivity contribution in [3.63, 3.8) is 0 Å². The van der Waals surface area contributed by atoms with Gasteiger partial charge in [0.05, 0.1) is 6.61 Å². The van der Waals surface area contributed by atoms with Crippen molar-refractivity contribution < 1.29 is 9.53 Å². The second-order valence-electron chi connectivity index (χ2n) is 5.00. The molecule has 0 aliphatic carbocycles. The van der Waals surface area contributed by atoms with Crippen molar-refractivity contribution in [2.45, 2.75) is 32.2 Å². The van der Waals surface area contributed by atoms with Gasteiger partial charge in [-0.2, -0.15) is 0 Å². The molecule has 0 bridgehead atoms. The quantitative estimate of drug-likeness (QED) is 0.805. The van der Waals surface area contributed by atoms with Crippen molar-refractivity contribution in [3.8, 4) is 0 Å². The van der Waals surface area contributed by atoms with Gasteiger partial charge in [0.15, 0.2) is 0 Å². The maximum Gasteiger partial charge on any atom is 0.328 e. The predicted octanol–water partition coefficient (Wildman–Crippen LogP) is 2.26. The lowest BCUT2D eigenvalue weighted by molar-refractivity contribution is -0.145. The normalized spacial score (nSPS) is 19.2. The van der Waals surface area contributed by atoms with E-state index >= 15 is 0 Å². The summed E-state index contributed by atoms with van der Waals surface area (Å²) in [5.41, 5.74) is 0.899. The van der Waals surface area contributed by atoms with Crippen LogP contribution in [0.25, 0.3) is 5.65 Å². The van der Waals surface area contributed by atoms with Crippen LogP contribution in [0.3, 0.4) is 0 Å². The molecule has 20 heavy (non-hydrogen) atoms. The van der Waals surface area contributed by atoms with Gasteiger partial charge in [-0.25, -0.2) is 9.78 Å². The molecule has 2 aromatic heterocycles. The topological polar surface area (TPSA) is 46.8 Å². The number of esters is 1. The second-order valence-corrected chi connectivity index (χ2v) is 5.00. The van der Waals surface area contributed by atoms with Gasteiger partial charge in [-0.15, -0.1) is 0 Å². The fourth-order valence-electron chi connectivity index (χ4n) is 2.86. The summed E-state index contributed by atoms with van der Waals surface area (Å²) in [5.74, 6) is 0.891. The predicted molar refractivity (Wildman–Crippen MR) is 76.8 cm³/mol. The van der Waals surface area contributed by atoms with Crippen molar-refractivity contribution in [2.75, 3.05) is 18.1 Å². The lowest BCUT2D eigenvalue weighted by Gasteiger charge is -2.35. The molecular formula is C15H19N3O2. The van der Waals surface area contributed by atoms with E-state index in [4.69, 9.17) is 4.74 Å². The molecule has 0 amide bonds. The Labute approximate surface area is 118 Å². The monoisotopic (exact) mass is 273 g/mol. The summed E-state index contributed by atoms with van der Waals surface area (Å²) in [6.07, 6.45) is 6.73. The van der Waals surface area contributed by atoms with E-state index in [9.17, 15) is 4.79 Å². The Morgan fingerprint density at radius 3 is 3.20 bits per heavy atom. The Morgan fingerprint density at radius 2 is 2.35 bits per heavy atom. The molecule has 0 radical (unpaired) electrons. The summed E-state index contributed by atoms with van der Waals surface area (Å²) in [5, 5.41) is 0. The number of pyridine rings is 1. The van der Waals surface area contributed by atoms with Gasteiger partial charge < -0.3 is 9.64 Å². The van der Waals surface area contributed by atoms with Gasteiger partial charge in [0.25, 0.3) is 0 Å². The number of hydrogen-bond donors (Lipinski definition) is 0. The van der Waals surface area contributed by atoms with Crippen LogP contribution in [0.2, 0.25) is 0 Å². The first-order valence-electron chi connectivity index (χ1n) is 7.16. The third-order valence-corrected chi connectivity index (χ3v) is 3.76. The molecule has 0 spiro atoms. The van der Waals surface area contributed by atoms with Crippen LogP contribution in [0.1, 0.15) is 26.2 Å². The fraction of sp³-hybridized carbons (Fsp3) is 0.467. The number of carbonyl (C=O) groups excluding carboxylic acids is 1. The van der Waals surface area contributed by atoms with E-state index in [-0.39, 0.29) is 12.0 Å². The summed E-state index contributed by atoms with van der Waals surface area (Å²) in [6, 6.07) is 5.80. The van der Waals surface area contributed by atoms with Gasteiger partial charge in [-0.1, -0.05) is 6.07 Å². The fourth-order valence-corrected chi connectivity index (χ4v) is 2.86. The number of aromatic nitrogens is 2. The van der Waals surface area contributed by atoms with Crippen LogP contribution in [0.4, 0.5) is 5.82 Å². The summed E-state index contributed by atoms with van der Waals surface area (Å²) >= 11 is 0. The summed E-state index contributed by atoms with van der Waals surface area (Å²) in [6.45, 7) is 3.15. The zero-order valence-electron chi connectivity index (χ0n) is 11.7. The van der Waals surface area contributed by atoms with Crippen LogP contribution < -0.4 is 4.90 Å². The van der Waals surface area contributed by atoms with Gasteiger partial charge in [0, 0.05) is 18.9 Å². The average Bonchev–Trinajstić information content (AvgIpc) is 2.96. The number of imidazole rings is 1. The van der Waals surface area contributed by atoms with E-state index in [1.165, 1.54) is 0 Å². The average molecular weight is 273 g/mol. The Hall–Kier alpha value is -2.04. The molecule has 1 atom stereocenters. The molecule has 5 nitrogen and oxygen atoms in total. The number of ether oxygens (including phenoxy) is 1. The van der Waals surface area contributed by atoms with Crippen molar-refractivity contribution in [1.82, 2.24) is 9.38 Å². The summed E-state index contributed by atoms with van der Waals surface area (Å²) < 4.78 is 7.25. The number of anilines is 1. The van der Waals surface area contributed by atoms with Gasteiger partial charge in [0.2, 0.25) is 0 Å². The highest BCUT2D eigenvalue weighted by Gasteiger charge is 2.31. The highest BCUT2D eigenvalue weighted by molar-refractivity contribution is 5.80. The van der Waals surface area contributed by atoms with Gasteiger partial charge in [-0.3, -0.25) is 4.40 Å². The SMILES string of the molecule is CCOC(=O)C1CCCCN1c1cccc2nccn12. The Kier molecular flexibility index (Phi) is 3.58. The molecule has 5 heteroatoms. The number of piperidine rings is 1. The maximum absolute atomic E-state index is 12.2. The maximum atomic E-state index is 12.2. The minimum atomic E-state index is -0.184. The second kappa shape index (κ2) is 5.53. The molecule has 1 fully saturated rings. The highest BCUT2D eigenvalue weighted by atomic mass is 16.5. The number of carbonyl (C=O) groups is 1. The molecule has 1 saturated heterocycles. The molecule has 1 aliphatic rings. The van der Waals surface area contributed by atoms with E-state index in [1.54, 1.807) is 6.20 Å². The Morgan fingerprint density at radius 1 is 1.45 bits per heavy atom. The Balaban J connectivity index is 1.97. The first-order chi connectivity index (χ1) is 9.81. The van der Waals surface area contributed by atoms with Crippen LogP contribution in [-0.2, 0) is 9.53 Å². The Bertz CT molecular complexity index is 608. The third kappa shape index (κ3) is 2.24. The van der Waals surface area contributed by atoms with Crippen LogP contribution in [0, 0.1) is 0 Å². The standard InChI is InChI=1S/C15H19N3O2/c1-2-20-15(19)12-6-3-4-10-17(12)14-8-5-7-13-16-9-11-18(13)14/h5,7-9,11-12H,2-4,6,10H2,1H3. The van der Waals surface area contributed by atoms with Crippen LogP contribution in [-0.4, -0.2) is 34.5 Å². The van der Waals surface area contributed by atoms with E-state index in [2.05, 4.69) is 9.88 Å². The zero-order chi connectivity index (χ0) is 13.9. The molecule has 1 aliphatic heterocycles. The van der Waals surface area contributed by atoms with E-state index in [0.717, 1.165) is 37.3 Å². The van der Waals surface area contributed by atoms with E-state index < -0.39 is 0 Å². The zero-order valence-corrected chi connectivity index (χ0v) is 11.7. The van der Waals surface area contributed by atoms with Gasteiger partial charge in [-0.05, 0) is 38.3 Å². The molecule has 3 rings (SSSR count). The van der Waals surface area contributed by atoms with Gasteiger partial charge in [0.1, 0.15) is 17.5 Å². The molecule has 3 heterocycles.